The Labute approximate surface area is 120 Å². The van der Waals surface area contributed by atoms with E-state index in [9.17, 15) is 4.79 Å². The first-order valence-corrected chi connectivity index (χ1v) is 6.97. The molecule has 1 N–H and O–H groups in total. The molecular formula is C15H24N4O. The SMILES string of the molecule is CN(C)C(=O)c1ccc(NCC2C(C)(C)C2(C)C)nn1. The zero-order chi connectivity index (χ0) is 15.1. The molecule has 1 aromatic rings. The molecule has 1 saturated carbocycles. The maximum atomic E-state index is 11.7. The van der Waals surface area contributed by atoms with Crippen molar-refractivity contribution in [2.45, 2.75) is 27.7 Å². The van der Waals surface area contributed by atoms with Gasteiger partial charge >= 0.3 is 0 Å². The van der Waals surface area contributed by atoms with Gasteiger partial charge in [-0.15, -0.1) is 10.2 Å². The summed E-state index contributed by atoms with van der Waals surface area (Å²) in [6, 6.07) is 3.52. The van der Waals surface area contributed by atoms with Crippen molar-refractivity contribution in [3.8, 4) is 0 Å². The van der Waals surface area contributed by atoms with Gasteiger partial charge in [-0.1, -0.05) is 27.7 Å². The molecule has 1 aromatic heterocycles. The van der Waals surface area contributed by atoms with Gasteiger partial charge in [0.15, 0.2) is 5.69 Å². The smallest absolute Gasteiger partial charge is 0.273 e. The molecule has 1 heterocycles. The Morgan fingerprint density at radius 3 is 2.20 bits per heavy atom. The number of rotatable bonds is 4. The third-order valence-corrected chi connectivity index (χ3v) is 5.10. The number of carbonyl (C=O) groups excluding carboxylic acids is 1. The highest BCUT2D eigenvalue weighted by atomic mass is 16.2. The van der Waals surface area contributed by atoms with Gasteiger partial charge in [-0.05, 0) is 28.9 Å². The predicted octanol–water partition coefficient (Wildman–Crippen LogP) is 2.27. The van der Waals surface area contributed by atoms with Crippen LogP contribution in [0, 0.1) is 16.7 Å². The van der Waals surface area contributed by atoms with Crippen LogP contribution in [0.1, 0.15) is 38.2 Å². The summed E-state index contributed by atoms with van der Waals surface area (Å²) in [5.74, 6) is 1.21. The van der Waals surface area contributed by atoms with E-state index in [0.717, 1.165) is 12.4 Å². The summed E-state index contributed by atoms with van der Waals surface area (Å²) in [5, 5.41) is 11.4. The molecule has 1 aliphatic rings. The number of carbonyl (C=O) groups is 1. The van der Waals surface area contributed by atoms with Crippen molar-refractivity contribution in [3.05, 3.63) is 17.8 Å². The highest BCUT2D eigenvalue weighted by molar-refractivity contribution is 5.91. The lowest BCUT2D eigenvalue weighted by molar-refractivity contribution is 0.0821. The second kappa shape index (κ2) is 4.72. The monoisotopic (exact) mass is 276 g/mol. The summed E-state index contributed by atoms with van der Waals surface area (Å²) in [7, 11) is 3.40. The standard InChI is InChI=1S/C15H24N4O/c1-14(2)11(15(14,3)4)9-16-12-8-7-10(17-18-12)13(20)19(5)6/h7-8,11H,9H2,1-6H3,(H,16,18). The molecule has 2 rings (SSSR count). The van der Waals surface area contributed by atoms with Crippen LogP contribution in [-0.4, -0.2) is 41.6 Å². The molecule has 1 aliphatic carbocycles. The van der Waals surface area contributed by atoms with Crippen molar-refractivity contribution >= 4 is 11.7 Å². The highest BCUT2D eigenvalue weighted by Crippen LogP contribution is 2.68. The van der Waals surface area contributed by atoms with E-state index in [-0.39, 0.29) is 5.91 Å². The minimum atomic E-state index is -0.131. The van der Waals surface area contributed by atoms with Crippen LogP contribution in [0.2, 0.25) is 0 Å². The van der Waals surface area contributed by atoms with E-state index in [1.54, 1.807) is 20.2 Å². The Bertz CT molecular complexity index is 491. The summed E-state index contributed by atoms with van der Waals surface area (Å²) in [6.07, 6.45) is 0. The number of nitrogens with zero attached hydrogens (tertiary/aromatic N) is 3. The van der Waals surface area contributed by atoms with Crippen LogP contribution in [0.4, 0.5) is 5.82 Å². The molecular weight excluding hydrogens is 252 g/mol. The van der Waals surface area contributed by atoms with Gasteiger partial charge in [0.05, 0.1) is 0 Å². The Balaban J connectivity index is 1.94. The summed E-state index contributed by atoms with van der Waals surface area (Å²) in [5.41, 5.74) is 1.08. The molecule has 0 radical (unpaired) electrons. The Morgan fingerprint density at radius 1 is 1.20 bits per heavy atom. The second-order valence-electron chi connectivity index (χ2n) is 6.88. The number of nitrogens with one attached hydrogen (secondary N) is 1. The lowest BCUT2D eigenvalue weighted by Crippen LogP contribution is -2.23. The number of aromatic nitrogens is 2. The zero-order valence-electron chi connectivity index (χ0n) is 13.2. The second-order valence-corrected chi connectivity index (χ2v) is 6.88. The van der Waals surface area contributed by atoms with Gasteiger partial charge in [-0.3, -0.25) is 4.79 Å². The van der Waals surface area contributed by atoms with Gasteiger partial charge in [-0.2, -0.15) is 0 Å². The van der Waals surface area contributed by atoms with Crippen LogP contribution >= 0.6 is 0 Å². The summed E-state index contributed by atoms with van der Waals surface area (Å²) in [4.78, 5) is 13.2. The van der Waals surface area contributed by atoms with Crippen LogP contribution in [0.15, 0.2) is 12.1 Å². The largest absolute Gasteiger partial charge is 0.368 e. The van der Waals surface area contributed by atoms with E-state index >= 15 is 0 Å². The van der Waals surface area contributed by atoms with Crippen LogP contribution < -0.4 is 5.32 Å². The maximum Gasteiger partial charge on any atom is 0.273 e. The van der Waals surface area contributed by atoms with Crippen molar-refractivity contribution in [3.63, 3.8) is 0 Å². The molecule has 0 spiro atoms. The molecule has 0 aromatic carbocycles. The fraction of sp³-hybridized carbons (Fsp3) is 0.667. The average molecular weight is 276 g/mol. The van der Waals surface area contributed by atoms with Crippen LogP contribution in [-0.2, 0) is 0 Å². The molecule has 5 heteroatoms. The molecule has 0 unspecified atom stereocenters. The fourth-order valence-electron chi connectivity index (χ4n) is 2.82. The van der Waals surface area contributed by atoms with Gasteiger partial charge in [0, 0.05) is 20.6 Å². The van der Waals surface area contributed by atoms with Gasteiger partial charge in [-0.25, -0.2) is 0 Å². The lowest BCUT2D eigenvalue weighted by Gasteiger charge is -2.10. The Hall–Kier alpha value is -1.65. The number of hydrogen-bond donors (Lipinski definition) is 1. The average Bonchev–Trinajstić information content (AvgIpc) is 2.77. The van der Waals surface area contributed by atoms with Crippen molar-refractivity contribution in [1.29, 1.82) is 0 Å². The minimum absolute atomic E-state index is 0.131. The summed E-state index contributed by atoms with van der Waals surface area (Å²) in [6.45, 7) is 10.1. The van der Waals surface area contributed by atoms with Crippen molar-refractivity contribution in [2.75, 3.05) is 26.0 Å². The van der Waals surface area contributed by atoms with E-state index in [1.165, 1.54) is 4.90 Å². The van der Waals surface area contributed by atoms with Crippen LogP contribution in [0.3, 0.4) is 0 Å². The lowest BCUT2D eigenvalue weighted by atomic mass is 10.0. The predicted molar refractivity (Wildman–Crippen MR) is 79.6 cm³/mol. The van der Waals surface area contributed by atoms with E-state index < -0.39 is 0 Å². The first-order valence-electron chi connectivity index (χ1n) is 6.97. The third-order valence-electron chi connectivity index (χ3n) is 5.10. The van der Waals surface area contributed by atoms with E-state index in [1.807, 2.05) is 6.07 Å². The zero-order valence-corrected chi connectivity index (χ0v) is 13.2. The maximum absolute atomic E-state index is 11.7. The van der Waals surface area contributed by atoms with Crippen LogP contribution in [0.5, 0.6) is 0 Å². The van der Waals surface area contributed by atoms with E-state index in [0.29, 0.717) is 22.4 Å². The van der Waals surface area contributed by atoms with Gasteiger partial charge in [0.1, 0.15) is 5.82 Å². The molecule has 0 aliphatic heterocycles. The summed E-state index contributed by atoms with van der Waals surface area (Å²) >= 11 is 0. The molecule has 110 valence electrons. The van der Waals surface area contributed by atoms with E-state index in [2.05, 4.69) is 43.2 Å². The topological polar surface area (TPSA) is 58.1 Å². The Morgan fingerprint density at radius 2 is 1.80 bits per heavy atom. The van der Waals surface area contributed by atoms with Crippen molar-refractivity contribution in [1.82, 2.24) is 15.1 Å². The summed E-state index contributed by atoms with van der Waals surface area (Å²) < 4.78 is 0. The number of anilines is 1. The van der Waals surface area contributed by atoms with Gasteiger partial charge in [0.2, 0.25) is 0 Å². The normalized spacial score (nSPS) is 19.5. The molecule has 20 heavy (non-hydrogen) atoms. The molecule has 0 bridgehead atoms. The molecule has 1 fully saturated rings. The number of amides is 1. The third kappa shape index (κ3) is 2.37. The highest BCUT2D eigenvalue weighted by Gasteiger charge is 2.64. The fourth-order valence-corrected chi connectivity index (χ4v) is 2.82. The molecule has 0 saturated heterocycles. The quantitative estimate of drug-likeness (QED) is 0.916. The van der Waals surface area contributed by atoms with E-state index in [4.69, 9.17) is 0 Å². The Kier molecular flexibility index (Phi) is 3.48. The molecule has 1 amide bonds. The van der Waals surface area contributed by atoms with Gasteiger partial charge in [0.25, 0.3) is 5.91 Å². The van der Waals surface area contributed by atoms with Crippen molar-refractivity contribution in [2.24, 2.45) is 16.7 Å². The minimum Gasteiger partial charge on any atom is -0.368 e. The van der Waals surface area contributed by atoms with Gasteiger partial charge < -0.3 is 10.2 Å². The van der Waals surface area contributed by atoms with Crippen molar-refractivity contribution < 1.29 is 4.79 Å². The first kappa shape index (κ1) is 14.8. The molecule has 0 atom stereocenters. The van der Waals surface area contributed by atoms with Crippen LogP contribution in [0.25, 0.3) is 0 Å². The molecule has 5 nitrogen and oxygen atoms in total. The first-order chi connectivity index (χ1) is 9.18. The number of hydrogen-bond acceptors (Lipinski definition) is 4.